The first kappa shape index (κ1) is 14.7. The van der Waals surface area contributed by atoms with E-state index in [0.29, 0.717) is 0 Å². The van der Waals surface area contributed by atoms with Crippen LogP contribution in [-0.4, -0.2) is 33.0 Å². The summed E-state index contributed by atoms with van der Waals surface area (Å²) in [6.45, 7) is 5.09. The summed E-state index contributed by atoms with van der Waals surface area (Å²) in [5.74, 6) is 0. The third kappa shape index (κ3) is 3.52. The Kier molecular flexibility index (Phi) is 4.49. The van der Waals surface area contributed by atoms with Crippen molar-refractivity contribution < 1.29 is 0 Å². The van der Waals surface area contributed by atoms with Crippen LogP contribution in [0.25, 0.3) is 10.9 Å². The average molecular weight is 294 g/mol. The number of imidazole rings is 1. The Labute approximate surface area is 131 Å². The molecule has 0 N–H and O–H groups in total. The summed E-state index contributed by atoms with van der Waals surface area (Å²) in [4.78, 5) is 11.1. The summed E-state index contributed by atoms with van der Waals surface area (Å²) in [7, 11) is 2.18. The van der Waals surface area contributed by atoms with Gasteiger partial charge in [0.05, 0.1) is 11.8 Å². The fourth-order valence-corrected chi connectivity index (χ4v) is 2.84. The Balaban J connectivity index is 1.64. The highest BCUT2D eigenvalue weighted by Gasteiger charge is 2.06. The summed E-state index contributed by atoms with van der Waals surface area (Å²) in [6.07, 6.45) is 6.84. The molecule has 0 radical (unpaired) electrons. The summed E-state index contributed by atoms with van der Waals surface area (Å²) < 4.78 is 2.12. The van der Waals surface area contributed by atoms with Gasteiger partial charge in [-0.05, 0) is 44.6 Å². The van der Waals surface area contributed by atoms with Gasteiger partial charge in [0.1, 0.15) is 0 Å². The molecule has 0 saturated carbocycles. The highest BCUT2D eigenvalue weighted by atomic mass is 15.1. The zero-order valence-corrected chi connectivity index (χ0v) is 13.2. The minimum atomic E-state index is 0.952. The smallest absolute Gasteiger partial charge is 0.0945 e. The number of hydrogen-bond acceptors (Lipinski definition) is 3. The lowest BCUT2D eigenvalue weighted by Gasteiger charge is -2.18. The van der Waals surface area contributed by atoms with E-state index in [1.807, 2.05) is 24.8 Å². The van der Waals surface area contributed by atoms with Crippen LogP contribution in [0.15, 0.2) is 49.1 Å². The molecule has 0 aliphatic carbocycles. The molecule has 0 aliphatic heterocycles. The Morgan fingerprint density at radius 3 is 2.91 bits per heavy atom. The van der Waals surface area contributed by atoms with E-state index in [9.17, 15) is 0 Å². The molecule has 1 aromatic carbocycles. The van der Waals surface area contributed by atoms with Gasteiger partial charge >= 0.3 is 0 Å². The van der Waals surface area contributed by atoms with Gasteiger partial charge in [-0.3, -0.25) is 4.98 Å². The molecular weight excluding hydrogens is 272 g/mol. The zero-order chi connectivity index (χ0) is 15.4. The standard InChI is InChI=1S/C18H22N4/c1-15-12-16(17-6-3-4-7-18(17)20-15)13-21(2)9-5-10-22-11-8-19-14-22/h3-4,6-8,11-12,14H,5,9-10,13H2,1-2H3. The summed E-state index contributed by atoms with van der Waals surface area (Å²) in [6, 6.07) is 10.6. The van der Waals surface area contributed by atoms with Crippen LogP contribution < -0.4 is 0 Å². The largest absolute Gasteiger partial charge is 0.337 e. The van der Waals surface area contributed by atoms with E-state index in [1.54, 1.807) is 0 Å². The van der Waals surface area contributed by atoms with E-state index >= 15 is 0 Å². The van der Waals surface area contributed by atoms with Gasteiger partial charge in [0.15, 0.2) is 0 Å². The molecule has 114 valence electrons. The van der Waals surface area contributed by atoms with Crippen molar-refractivity contribution in [3.8, 4) is 0 Å². The maximum Gasteiger partial charge on any atom is 0.0945 e. The Morgan fingerprint density at radius 2 is 2.09 bits per heavy atom. The molecule has 22 heavy (non-hydrogen) atoms. The first-order chi connectivity index (χ1) is 10.7. The van der Waals surface area contributed by atoms with Crippen molar-refractivity contribution in [2.45, 2.75) is 26.4 Å². The second kappa shape index (κ2) is 6.71. The van der Waals surface area contributed by atoms with Gasteiger partial charge in [0, 0.05) is 36.6 Å². The number of aromatic nitrogens is 3. The summed E-state index contributed by atoms with van der Waals surface area (Å²) in [5, 5.41) is 1.26. The molecule has 0 spiro atoms. The Morgan fingerprint density at radius 1 is 1.23 bits per heavy atom. The van der Waals surface area contributed by atoms with E-state index in [4.69, 9.17) is 0 Å². The van der Waals surface area contributed by atoms with E-state index < -0.39 is 0 Å². The lowest BCUT2D eigenvalue weighted by molar-refractivity contribution is 0.315. The van der Waals surface area contributed by atoms with Crippen molar-refractivity contribution in [3.05, 3.63) is 60.3 Å². The third-order valence-electron chi connectivity index (χ3n) is 3.89. The van der Waals surface area contributed by atoms with Crippen LogP contribution in [0.2, 0.25) is 0 Å². The topological polar surface area (TPSA) is 34.0 Å². The molecule has 2 heterocycles. The number of nitrogens with zero attached hydrogens (tertiary/aromatic N) is 4. The second-order valence-corrected chi connectivity index (χ2v) is 5.83. The fraction of sp³-hybridized carbons (Fsp3) is 0.333. The van der Waals surface area contributed by atoms with Crippen LogP contribution in [-0.2, 0) is 13.1 Å². The van der Waals surface area contributed by atoms with Gasteiger partial charge in [0.25, 0.3) is 0 Å². The summed E-state index contributed by atoms with van der Waals surface area (Å²) >= 11 is 0. The molecule has 4 nitrogen and oxygen atoms in total. The average Bonchev–Trinajstić information content (AvgIpc) is 3.00. The monoisotopic (exact) mass is 294 g/mol. The highest BCUT2D eigenvalue weighted by Crippen LogP contribution is 2.19. The maximum atomic E-state index is 4.61. The van der Waals surface area contributed by atoms with Crippen molar-refractivity contribution in [2.24, 2.45) is 0 Å². The van der Waals surface area contributed by atoms with E-state index in [0.717, 1.165) is 37.3 Å². The number of pyridine rings is 1. The predicted molar refractivity (Wildman–Crippen MR) is 89.7 cm³/mol. The second-order valence-electron chi connectivity index (χ2n) is 5.83. The SMILES string of the molecule is Cc1cc(CN(C)CCCn2ccnc2)c2ccccc2n1. The molecule has 3 aromatic rings. The maximum absolute atomic E-state index is 4.61. The van der Waals surface area contributed by atoms with Crippen LogP contribution in [0, 0.1) is 6.92 Å². The molecule has 0 amide bonds. The number of para-hydroxylation sites is 1. The highest BCUT2D eigenvalue weighted by molar-refractivity contribution is 5.82. The number of rotatable bonds is 6. The molecule has 0 atom stereocenters. The number of hydrogen-bond donors (Lipinski definition) is 0. The summed E-state index contributed by atoms with van der Waals surface area (Å²) in [5.41, 5.74) is 3.53. The number of benzene rings is 1. The number of aryl methyl sites for hydroxylation is 2. The zero-order valence-electron chi connectivity index (χ0n) is 13.2. The molecular formula is C18H22N4. The third-order valence-corrected chi connectivity index (χ3v) is 3.89. The molecule has 2 aromatic heterocycles. The van der Waals surface area contributed by atoms with Crippen molar-refractivity contribution >= 4 is 10.9 Å². The predicted octanol–water partition coefficient (Wildman–Crippen LogP) is 3.26. The van der Waals surface area contributed by atoms with Crippen molar-refractivity contribution in [2.75, 3.05) is 13.6 Å². The molecule has 4 heteroatoms. The van der Waals surface area contributed by atoms with E-state index in [-0.39, 0.29) is 0 Å². The van der Waals surface area contributed by atoms with Crippen LogP contribution in [0.4, 0.5) is 0 Å². The lowest BCUT2D eigenvalue weighted by Crippen LogP contribution is -2.20. The van der Waals surface area contributed by atoms with Gasteiger partial charge in [-0.15, -0.1) is 0 Å². The van der Waals surface area contributed by atoms with Gasteiger partial charge in [-0.1, -0.05) is 18.2 Å². The van der Waals surface area contributed by atoms with Gasteiger partial charge < -0.3 is 9.47 Å². The minimum Gasteiger partial charge on any atom is -0.337 e. The molecule has 3 rings (SSSR count). The lowest BCUT2D eigenvalue weighted by atomic mass is 10.1. The van der Waals surface area contributed by atoms with E-state index in [2.05, 4.69) is 57.7 Å². The number of fused-ring (bicyclic) bond motifs is 1. The van der Waals surface area contributed by atoms with Crippen molar-refractivity contribution in [3.63, 3.8) is 0 Å². The van der Waals surface area contributed by atoms with Gasteiger partial charge in [0.2, 0.25) is 0 Å². The first-order valence-corrected chi connectivity index (χ1v) is 7.72. The molecule has 0 bridgehead atoms. The normalized spacial score (nSPS) is 11.4. The van der Waals surface area contributed by atoms with Crippen LogP contribution in [0.1, 0.15) is 17.7 Å². The molecule has 0 aliphatic rings. The fourth-order valence-electron chi connectivity index (χ4n) is 2.84. The van der Waals surface area contributed by atoms with Gasteiger partial charge in [-0.25, -0.2) is 4.98 Å². The minimum absolute atomic E-state index is 0.952. The van der Waals surface area contributed by atoms with Crippen LogP contribution in [0.3, 0.4) is 0 Å². The van der Waals surface area contributed by atoms with Crippen molar-refractivity contribution in [1.29, 1.82) is 0 Å². The molecule has 0 unspecified atom stereocenters. The van der Waals surface area contributed by atoms with E-state index in [1.165, 1.54) is 10.9 Å². The van der Waals surface area contributed by atoms with Gasteiger partial charge in [-0.2, -0.15) is 0 Å². The molecule has 0 saturated heterocycles. The van der Waals surface area contributed by atoms with Crippen LogP contribution >= 0.6 is 0 Å². The van der Waals surface area contributed by atoms with Crippen molar-refractivity contribution in [1.82, 2.24) is 19.4 Å². The first-order valence-electron chi connectivity index (χ1n) is 7.72. The molecule has 0 fully saturated rings. The Hall–Kier alpha value is -2.20. The quantitative estimate of drug-likeness (QED) is 0.700. The van der Waals surface area contributed by atoms with Crippen LogP contribution in [0.5, 0.6) is 0 Å². The Bertz CT molecular complexity index is 734.